The molecule has 15 heavy (non-hydrogen) atoms. The molecular formula is C9H8ClFN4. The number of halogens is 2. The highest BCUT2D eigenvalue weighted by atomic mass is 35.5. The van der Waals surface area contributed by atoms with Crippen LogP contribution in [0.5, 0.6) is 0 Å². The summed E-state index contributed by atoms with van der Waals surface area (Å²) in [4.78, 5) is 0. The summed E-state index contributed by atoms with van der Waals surface area (Å²) in [6, 6.07) is 4.04. The molecule has 1 aromatic heterocycles. The van der Waals surface area contributed by atoms with Gasteiger partial charge in [0.15, 0.2) is 0 Å². The van der Waals surface area contributed by atoms with E-state index in [1.807, 2.05) is 0 Å². The predicted molar refractivity (Wildman–Crippen MR) is 54.2 cm³/mol. The molecule has 2 N–H and O–H groups in total. The zero-order chi connectivity index (χ0) is 10.8. The summed E-state index contributed by atoms with van der Waals surface area (Å²) >= 11 is 5.92. The summed E-state index contributed by atoms with van der Waals surface area (Å²) in [5.74, 6) is -0.382. The van der Waals surface area contributed by atoms with Crippen molar-refractivity contribution in [3.05, 3.63) is 40.9 Å². The van der Waals surface area contributed by atoms with E-state index < -0.39 is 0 Å². The molecule has 78 valence electrons. The first-order valence-electron chi connectivity index (χ1n) is 4.27. The molecule has 1 heterocycles. The fraction of sp³-hybridized carbons (Fsp3) is 0.111. The third-order valence-corrected chi connectivity index (χ3v) is 2.29. The van der Waals surface area contributed by atoms with E-state index in [0.29, 0.717) is 16.4 Å². The number of benzene rings is 1. The van der Waals surface area contributed by atoms with Gasteiger partial charge in [-0.05, 0) is 12.1 Å². The summed E-state index contributed by atoms with van der Waals surface area (Å²) in [7, 11) is 0. The summed E-state index contributed by atoms with van der Waals surface area (Å²) in [5, 5.41) is 7.89. The molecule has 4 nitrogen and oxygen atoms in total. The van der Waals surface area contributed by atoms with Crippen molar-refractivity contribution in [2.75, 3.05) is 0 Å². The van der Waals surface area contributed by atoms with Crippen molar-refractivity contribution in [3.8, 4) is 5.69 Å². The number of rotatable bonds is 2. The van der Waals surface area contributed by atoms with Crippen LogP contribution in [0.4, 0.5) is 4.39 Å². The van der Waals surface area contributed by atoms with Crippen molar-refractivity contribution in [1.29, 1.82) is 0 Å². The van der Waals surface area contributed by atoms with Gasteiger partial charge in [0.25, 0.3) is 0 Å². The van der Waals surface area contributed by atoms with Gasteiger partial charge in [-0.3, -0.25) is 0 Å². The van der Waals surface area contributed by atoms with Gasteiger partial charge in [-0.2, -0.15) is 0 Å². The molecule has 0 unspecified atom stereocenters. The lowest BCUT2D eigenvalue weighted by Crippen LogP contribution is -2.07. The van der Waals surface area contributed by atoms with Crippen LogP contribution < -0.4 is 5.73 Å². The molecule has 2 aromatic rings. The van der Waals surface area contributed by atoms with Gasteiger partial charge in [0, 0.05) is 12.6 Å². The van der Waals surface area contributed by atoms with Gasteiger partial charge in [-0.25, -0.2) is 9.07 Å². The van der Waals surface area contributed by atoms with Gasteiger partial charge in [-0.15, -0.1) is 5.10 Å². The topological polar surface area (TPSA) is 56.7 Å². The Bertz CT molecular complexity index is 483. The second-order valence-electron chi connectivity index (χ2n) is 2.94. The van der Waals surface area contributed by atoms with Crippen LogP contribution in [0, 0.1) is 5.82 Å². The Labute approximate surface area is 90.5 Å². The molecule has 6 heteroatoms. The largest absolute Gasteiger partial charge is 0.325 e. The third kappa shape index (κ3) is 1.84. The first-order valence-corrected chi connectivity index (χ1v) is 4.65. The molecular weight excluding hydrogens is 219 g/mol. The molecule has 0 aliphatic heterocycles. The van der Waals surface area contributed by atoms with Gasteiger partial charge in [0.05, 0.1) is 22.6 Å². The van der Waals surface area contributed by atoms with Crippen LogP contribution in [-0.4, -0.2) is 15.0 Å². The predicted octanol–water partition coefficient (Wildman–Crippen LogP) is 1.52. The highest BCUT2D eigenvalue weighted by Crippen LogP contribution is 2.21. The smallest absolute Gasteiger partial charge is 0.125 e. The molecule has 0 aliphatic carbocycles. The zero-order valence-corrected chi connectivity index (χ0v) is 8.45. The molecule has 0 fully saturated rings. The maximum atomic E-state index is 13.0. The number of nitrogens with two attached hydrogens (primary N) is 1. The number of hydrogen-bond donors (Lipinski definition) is 1. The Kier molecular flexibility index (Phi) is 2.66. The third-order valence-electron chi connectivity index (χ3n) is 1.97. The SMILES string of the molecule is NCc1cnnn1-c1cc(F)ccc1Cl. The van der Waals surface area contributed by atoms with Crippen LogP contribution in [0.25, 0.3) is 5.69 Å². The van der Waals surface area contributed by atoms with E-state index in [0.717, 1.165) is 0 Å². The highest BCUT2D eigenvalue weighted by Gasteiger charge is 2.09. The van der Waals surface area contributed by atoms with E-state index in [2.05, 4.69) is 10.3 Å². The molecule has 0 radical (unpaired) electrons. The normalized spacial score (nSPS) is 10.6. The average molecular weight is 227 g/mol. The maximum Gasteiger partial charge on any atom is 0.125 e. The molecule has 0 bridgehead atoms. The lowest BCUT2D eigenvalue weighted by Gasteiger charge is -2.06. The van der Waals surface area contributed by atoms with Crippen LogP contribution in [0.2, 0.25) is 5.02 Å². The van der Waals surface area contributed by atoms with Gasteiger partial charge in [0.2, 0.25) is 0 Å². The van der Waals surface area contributed by atoms with Crippen molar-refractivity contribution >= 4 is 11.6 Å². The fourth-order valence-corrected chi connectivity index (χ4v) is 1.44. The average Bonchev–Trinajstić information content (AvgIpc) is 2.69. The van der Waals surface area contributed by atoms with Crippen LogP contribution in [-0.2, 0) is 6.54 Å². The molecule has 1 aromatic carbocycles. The summed E-state index contributed by atoms with van der Waals surface area (Å²) in [5.41, 5.74) is 6.59. The van der Waals surface area contributed by atoms with E-state index in [1.165, 1.54) is 29.1 Å². The minimum absolute atomic E-state index is 0.264. The number of nitrogens with zero attached hydrogens (tertiary/aromatic N) is 3. The first kappa shape index (κ1) is 10.1. The number of aromatic nitrogens is 3. The monoisotopic (exact) mass is 226 g/mol. The second-order valence-corrected chi connectivity index (χ2v) is 3.34. The lowest BCUT2D eigenvalue weighted by molar-refractivity contribution is 0.624. The standard InChI is InChI=1S/C9H8ClFN4/c10-8-2-1-6(11)3-9(8)15-7(4-12)5-13-14-15/h1-3,5H,4,12H2. The highest BCUT2D eigenvalue weighted by molar-refractivity contribution is 6.32. The molecule has 0 saturated heterocycles. The molecule has 2 rings (SSSR count). The Hall–Kier alpha value is -1.46. The van der Waals surface area contributed by atoms with Crippen LogP contribution in [0.1, 0.15) is 5.69 Å². The van der Waals surface area contributed by atoms with Crippen molar-refractivity contribution in [2.45, 2.75) is 6.54 Å². The Morgan fingerprint density at radius 1 is 1.47 bits per heavy atom. The van der Waals surface area contributed by atoms with E-state index >= 15 is 0 Å². The molecule has 0 amide bonds. The van der Waals surface area contributed by atoms with E-state index in [-0.39, 0.29) is 12.4 Å². The summed E-state index contributed by atoms with van der Waals surface area (Å²) < 4.78 is 14.4. The van der Waals surface area contributed by atoms with Crippen molar-refractivity contribution in [1.82, 2.24) is 15.0 Å². The van der Waals surface area contributed by atoms with E-state index in [9.17, 15) is 4.39 Å². The van der Waals surface area contributed by atoms with Crippen LogP contribution in [0.15, 0.2) is 24.4 Å². The van der Waals surface area contributed by atoms with Gasteiger partial charge >= 0.3 is 0 Å². The Morgan fingerprint density at radius 2 is 2.27 bits per heavy atom. The van der Waals surface area contributed by atoms with Gasteiger partial charge < -0.3 is 5.73 Å². The van der Waals surface area contributed by atoms with Gasteiger partial charge in [0.1, 0.15) is 5.82 Å². The van der Waals surface area contributed by atoms with Crippen LogP contribution >= 0.6 is 11.6 Å². The Balaban J connectivity index is 2.58. The first-order chi connectivity index (χ1) is 7.22. The minimum Gasteiger partial charge on any atom is -0.325 e. The summed E-state index contributed by atoms with van der Waals surface area (Å²) in [6.45, 7) is 0.264. The Morgan fingerprint density at radius 3 is 3.00 bits per heavy atom. The maximum absolute atomic E-state index is 13.0. The van der Waals surface area contributed by atoms with E-state index in [4.69, 9.17) is 17.3 Å². The zero-order valence-electron chi connectivity index (χ0n) is 7.69. The van der Waals surface area contributed by atoms with Crippen molar-refractivity contribution in [2.24, 2.45) is 5.73 Å². The quantitative estimate of drug-likeness (QED) is 0.845. The summed E-state index contributed by atoms with van der Waals surface area (Å²) in [6.07, 6.45) is 1.52. The van der Waals surface area contributed by atoms with Crippen LogP contribution in [0.3, 0.4) is 0 Å². The van der Waals surface area contributed by atoms with Gasteiger partial charge in [-0.1, -0.05) is 16.8 Å². The molecule has 0 spiro atoms. The molecule has 0 atom stereocenters. The fourth-order valence-electron chi connectivity index (χ4n) is 1.25. The number of hydrogen-bond acceptors (Lipinski definition) is 3. The lowest BCUT2D eigenvalue weighted by atomic mass is 10.3. The van der Waals surface area contributed by atoms with Crippen molar-refractivity contribution in [3.63, 3.8) is 0 Å². The minimum atomic E-state index is -0.382. The molecule has 0 aliphatic rings. The van der Waals surface area contributed by atoms with Crippen molar-refractivity contribution < 1.29 is 4.39 Å². The molecule has 0 saturated carbocycles. The second kappa shape index (κ2) is 3.96. The van der Waals surface area contributed by atoms with E-state index in [1.54, 1.807) is 0 Å².